The zero-order valence-electron chi connectivity index (χ0n) is 12.1. The van der Waals surface area contributed by atoms with E-state index >= 15 is 0 Å². The van der Waals surface area contributed by atoms with Crippen molar-refractivity contribution < 1.29 is 9.90 Å². The molecule has 4 heteroatoms. The van der Waals surface area contributed by atoms with E-state index < -0.39 is 0 Å². The lowest BCUT2D eigenvalue weighted by Gasteiger charge is -2.20. The minimum atomic E-state index is -0.301. The first-order chi connectivity index (χ1) is 10.1. The van der Waals surface area contributed by atoms with Gasteiger partial charge in [0.2, 0.25) is 5.91 Å². The van der Waals surface area contributed by atoms with Gasteiger partial charge >= 0.3 is 0 Å². The molecular weight excluding hydrogens is 264 g/mol. The predicted molar refractivity (Wildman–Crippen MR) is 82.6 cm³/mol. The zero-order valence-corrected chi connectivity index (χ0v) is 12.1. The Morgan fingerprint density at radius 1 is 1.19 bits per heavy atom. The van der Waals surface area contributed by atoms with Gasteiger partial charge in [-0.15, -0.1) is 0 Å². The van der Waals surface area contributed by atoms with Gasteiger partial charge in [0.15, 0.2) is 0 Å². The summed E-state index contributed by atoms with van der Waals surface area (Å²) in [7, 11) is 1.74. The molecule has 0 aromatic heterocycles. The number of phenols is 1. The van der Waals surface area contributed by atoms with E-state index in [0.717, 1.165) is 11.1 Å². The molecule has 3 N–H and O–H groups in total. The van der Waals surface area contributed by atoms with Gasteiger partial charge in [0.25, 0.3) is 0 Å². The lowest BCUT2D eigenvalue weighted by atomic mass is 10.0. The van der Waals surface area contributed by atoms with Gasteiger partial charge < -0.3 is 15.7 Å². The van der Waals surface area contributed by atoms with Gasteiger partial charge in [0, 0.05) is 26.1 Å². The molecule has 0 bridgehead atoms. The number of carbonyl (C=O) groups excluding carboxylic acids is 1. The van der Waals surface area contributed by atoms with E-state index in [1.807, 2.05) is 36.4 Å². The van der Waals surface area contributed by atoms with Crippen LogP contribution in [0.5, 0.6) is 5.75 Å². The van der Waals surface area contributed by atoms with Crippen LogP contribution in [-0.4, -0.2) is 23.0 Å². The summed E-state index contributed by atoms with van der Waals surface area (Å²) in [5.41, 5.74) is 7.91. The molecule has 0 fully saturated rings. The molecule has 0 radical (unpaired) electrons. The van der Waals surface area contributed by atoms with E-state index in [0.29, 0.717) is 6.54 Å². The van der Waals surface area contributed by atoms with Crippen molar-refractivity contribution in [2.24, 2.45) is 5.73 Å². The summed E-state index contributed by atoms with van der Waals surface area (Å²) in [6.07, 6.45) is 0.263. The topological polar surface area (TPSA) is 66.6 Å². The number of phenolic OH excluding ortho intramolecular Hbond substituents is 1. The van der Waals surface area contributed by atoms with Gasteiger partial charge in [-0.3, -0.25) is 4.79 Å². The van der Waals surface area contributed by atoms with Crippen molar-refractivity contribution in [2.75, 3.05) is 7.05 Å². The van der Waals surface area contributed by atoms with E-state index in [1.54, 1.807) is 30.1 Å². The standard InChI is InChI=1S/C17H20N2O2/c1-19(12-13-6-5-9-15(20)10-13)17(21)11-16(18)14-7-3-2-4-8-14/h2-10,16,20H,11-12,18H2,1H3. The van der Waals surface area contributed by atoms with Crippen LogP contribution < -0.4 is 5.73 Å². The first-order valence-corrected chi connectivity index (χ1v) is 6.88. The first kappa shape index (κ1) is 15.1. The van der Waals surface area contributed by atoms with Gasteiger partial charge in [-0.05, 0) is 23.3 Å². The SMILES string of the molecule is CN(Cc1cccc(O)c1)C(=O)CC(N)c1ccccc1. The van der Waals surface area contributed by atoms with Crippen molar-refractivity contribution in [1.29, 1.82) is 0 Å². The number of hydrogen-bond acceptors (Lipinski definition) is 3. The average Bonchev–Trinajstić information content (AvgIpc) is 2.48. The fraction of sp³-hybridized carbons (Fsp3) is 0.235. The van der Waals surface area contributed by atoms with Crippen molar-refractivity contribution in [3.8, 4) is 5.75 Å². The summed E-state index contributed by atoms with van der Waals surface area (Å²) in [6.45, 7) is 0.453. The molecular formula is C17H20N2O2. The van der Waals surface area contributed by atoms with Crippen molar-refractivity contribution >= 4 is 5.91 Å². The third-order valence-corrected chi connectivity index (χ3v) is 3.38. The molecule has 0 aliphatic carbocycles. The summed E-state index contributed by atoms with van der Waals surface area (Å²) in [5.74, 6) is 0.184. The minimum absolute atomic E-state index is 0.0188. The van der Waals surface area contributed by atoms with Crippen LogP contribution in [0.3, 0.4) is 0 Å². The van der Waals surface area contributed by atoms with Crippen LogP contribution in [0.25, 0.3) is 0 Å². The van der Waals surface area contributed by atoms with Gasteiger partial charge in [0.05, 0.1) is 0 Å². The van der Waals surface area contributed by atoms with Crippen molar-refractivity contribution in [3.05, 3.63) is 65.7 Å². The average molecular weight is 284 g/mol. The molecule has 0 aliphatic heterocycles. The van der Waals surface area contributed by atoms with Gasteiger partial charge in [-0.2, -0.15) is 0 Å². The van der Waals surface area contributed by atoms with Crippen LogP contribution >= 0.6 is 0 Å². The molecule has 110 valence electrons. The van der Waals surface area contributed by atoms with Crippen molar-refractivity contribution in [1.82, 2.24) is 4.90 Å². The molecule has 2 rings (SSSR count). The van der Waals surface area contributed by atoms with Crippen LogP contribution in [0.1, 0.15) is 23.6 Å². The second-order valence-corrected chi connectivity index (χ2v) is 5.14. The maximum Gasteiger partial charge on any atom is 0.224 e. The van der Waals surface area contributed by atoms with Gasteiger partial charge in [-0.1, -0.05) is 42.5 Å². The largest absolute Gasteiger partial charge is 0.508 e. The van der Waals surface area contributed by atoms with E-state index in [2.05, 4.69) is 0 Å². The molecule has 21 heavy (non-hydrogen) atoms. The molecule has 0 spiro atoms. The Bertz CT molecular complexity index is 599. The van der Waals surface area contributed by atoms with Crippen LogP contribution in [-0.2, 0) is 11.3 Å². The molecule has 1 unspecified atom stereocenters. The normalized spacial score (nSPS) is 11.9. The van der Waals surface area contributed by atoms with E-state index in [1.165, 1.54) is 0 Å². The minimum Gasteiger partial charge on any atom is -0.508 e. The lowest BCUT2D eigenvalue weighted by Crippen LogP contribution is -2.29. The summed E-state index contributed by atoms with van der Waals surface area (Å²) in [4.78, 5) is 13.8. The Morgan fingerprint density at radius 2 is 1.90 bits per heavy atom. The molecule has 2 aromatic carbocycles. The van der Waals surface area contributed by atoms with E-state index in [4.69, 9.17) is 5.73 Å². The third kappa shape index (κ3) is 4.33. The highest BCUT2D eigenvalue weighted by Gasteiger charge is 2.15. The molecule has 4 nitrogen and oxygen atoms in total. The number of benzene rings is 2. The second-order valence-electron chi connectivity index (χ2n) is 5.14. The molecule has 2 aromatic rings. The van der Waals surface area contributed by atoms with Crippen LogP contribution in [0.2, 0.25) is 0 Å². The number of carbonyl (C=O) groups is 1. The van der Waals surface area contributed by atoms with Crippen molar-refractivity contribution in [3.63, 3.8) is 0 Å². The Balaban J connectivity index is 1.94. The monoisotopic (exact) mass is 284 g/mol. The molecule has 0 aliphatic rings. The zero-order chi connectivity index (χ0) is 15.2. The number of aromatic hydroxyl groups is 1. The number of amides is 1. The number of rotatable bonds is 5. The number of nitrogens with two attached hydrogens (primary N) is 1. The molecule has 1 atom stereocenters. The third-order valence-electron chi connectivity index (χ3n) is 3.38. The quantitative estimate of drug-likeness (QED) is 0.886. The van der Waals surface area contributed by atoms with Gasteiger partial charge in [-0.25, -0.2) is 0 Å². The fourth-order valence-electron chi connectivity index (χ4n) is 2.18. The maximum absolute atomic E-state index is 12.2. The second kappa shape index (κ2) is 6.90. The highest BCUT2D eigenvalue weighted by atomic mass is 16.3. The van der Waals surface area contributed by atoms with E-state index in [9.17, 15) is 9.90 Å². The Kier molecular flexibility index (Phi) is 4.95. The number of hydrogen-bond donors (Lipinski definition) is 2. The fourth-order valence-corrected chi connectivity index (χ4v) is 2.18. The van der Waals surface area contributed by atoms with Crippen LogP contribution in [0, 0.1) is 0 Å². The maximum atomic E-state index is 12.2. The summed E-state index contributed by atoms with van der Waals surface area (Å²) in [6, 6.07) is 16.2. The van der Waals surface area contributed by atoms with E-state index in [-0.39, 0.29) is 24.1 Å². The van der Waals surface area contributed by atoms with Crippen molar-refractivity contribution in [2.45, 2.75) is 19.0 Å². The van der Waals surface area contributed by atoms with Crippen LogP contribution in [0.4, 0.5) is 0 Å². The Hall–Kier alpha value is -2.33. The molecule has 0 heterocycles. The first-order valence-electron chi connectivity index (χ1n) is 6.88. The summed E-state index contributed by atoms with van der Waals surface area (Å²) in [5, 5.41) is 9.44. The molecule has 0 saturated heterocycles. The predicted octanol–water partition coefficient (Wildman–Crippen LogP) is 2.44. The molecule has 0 saturated carbocycles. The highest BCUT2D eigenvalue weighted by Crippen LogP contribution is 2.16. The Labute approximate surface area is 124 Å². The smallest absolute Gasteiger partial charge is 0.224 e. The lowest BCUT2D eigenvalue weighted by molar-refractivity contribution is -0.130. The van der Waals surface area contributed by atoms with Crippen LogP contribution in [0.15, 0.2) is 54.6 Å². The molecule has 1 amide bonds. The Morgan fingerprint density at radius 3 is 2.57 bits per heavy atom. The highest BCUT2D eigenvalue weighted by molar-refractivity contribution is 5.76. The summed E-state index contributed by atoms with van der Waals surface area (Å²) < 4.78 is 0. The summed E-state index contributed by atoms with van der Waals surface area (Å²) >= 11 is 0. The van der Waals surface area contributed by atoms with Gasteiger partial charge in [0.1, 0.15) is 5.75 Å². The number of nitrogens with zero attached hydrogens (tertiary/aromatic N) is 1.